The van der Waals surface area contributed by atoms with Crippen molar-refractivity contribution in [3.63, 3.8) is 0 Å². The van der Waals surface area contributed by atoms with Gasteiger partial charge in [0, 0.05) is 6.04 Å². The molecule has 1 N–H and O–H groups in total. The molecule has 1 aliphatic heterocycles. The first-order valence-electron chi connectivity index (χ1n) is 4.56. The van der Waals surface area contributed by atoms with Crippen LogP contribution in [-0.4, -0.2) is 38.4 Å². The topological polar surface area (TPSA) is 47.6 Å². The van der Waals surface area contributed by atoms with E-state index in [1.54, 1.807) is 0 Å². The molecule has 1 fully saturated rings. The second kappa shape index (κ2) is 4.58. The van der Waals surface area contributed by atoms with Crippen LogP contribution in [0.15, 0.2) is 0 Å². The van der Waals surface area contributed by atoms with Crippen molar-refractivity contribution in [1.82, 2.24) is 5.32 Å². The molecular weight excluding hydrogens is 170 g/mol. The molecule has 1 aliphatic rings. The van der Waals surface area contributed by atoms with Crippen LogP contribution in [0.5, 0.6) is 0 Å². The molecule has 0 aromatic rings. The first kappa shape index (κ1) is 10.5. The van der Waals surface area contributed by atoms with Crippen LogP contribution in [0.25, 0.3) is 0 Å². The fraction of sp³-hybridized carbons (Fsp3) is 0.889. The molecule has 1 saturated heterocycles. The van der Waals surface area contributed by atoms with E-state index in [1.165, 1.54) is 7.11 Å². The van der Waals surface area contributed by atoms with Crippen molar-refractivity contribution < 1.29 is 14.3 Å². The summed E-state index contributed by atoms with van der Waals surface area (Å²) in [5.41, 5.74) is 0. The van der Waals surface area contributed by atoms with E-state index in [9.17, 15) is 4.79 Å². The Morgan fingerprint density at radius 1 is 1.54 bits per heavy atom. The molecule has 76 valence electrons. The fourth-order valence-electron chi connectivity index (χ4n) is 1.33. The maximum absolute atomic E-state index is 11.2. The molecule has 4 heteroatoms. The lowest BCUT2D eigenvalue weighted by Crippen LogP contribution is -2.54. The van der Waals surface area contributed by atoms with Crippen molar-refractivity contribution in [2.45, 2.75) is 25.9 Å². The molecule has 4 nitrogen and oxygen atoms in total. The van der Waals surface area contributed by atoms with E-state index in [1.807, 2.05) is 0 Å². The Hall–Kier alpha value is -0.610. The number of morpholine rings is 1. The second-order valence-electron chi connectivity index (χ2n) is 3.63. The molecule has 0 bridgehead atoms. The molecule has 1 rings (SSSR count). The predicted molar refractivity (Wildman–Crippen MR) is 48.4 cm³/mol. The molecule has 0 saturated carbocycles. The van der Waals surface area contributed by atoms with Crippen LogP contribution in [0.2, 0.25) is 0 Å². The first-order chi connectivity index (χ1) is 6.15. The lowest BCUT2D eigenvalue weighted by Gasteiger charge is -2.31. The number of hydrogen-bond acceptors (Lipinski definition) is 4. The maximum Gasteiger partial charge on any atom is 0.325 e. The third-order valence-electron chi connectivity index (χ3n) is 2.29. The van der Waals surface area contributed by atoms with Gasteiger partial charge in [-0.3, -0.25) is 10.1 Å². The Morgan fingerprint density at radius 3 is 2.77 bits per heavy atom. The third-order valence-corrected chi connectivity index (χ3v) is 2.29. The van der Waals surface area contributed by atoms with Crippen LogP contribution < -0.4 is 5.32 Å². The molecule has 0 aliphatic carbocycles. The Bertz CT molecular complexity index is 182. The van der Waals surface area contributed by atoms with Crippen molar-refractivity contribution in [1.29, 1.82) is 0 Å². The zero-order chi connectivity index (χ0) is 9.84. The first-order valence-corrected chi connectivity index (χ1v) is 4.56. The van der Waals surface area contributed by atoms with Gasteiger partial charge in [-0.25, -0.2) is 0 Å². The molecule has 2 atom stereocenters. The highest BCUT2D eigenvalue weighted by Crippen LogP contribution is 2.09. The van der Waals surface area contributed by atoms with Gasteiger partial charge in [-0.2, -0.15) is 0 Å². The summed E-state index contributed by atoms with van der Waals surface area (Å²) in [4.78, 5) is 11.2. The van der Waals surface area contributed by atoms with E-state index in [2.05, 4.69) is 23.9 Å². The van der Waals surface area contributed by atoms with E-state index in [0.717, 1.165) is 0 Å². The van der Waals surface area contributed by atoms with Crippen LogP contribution in [0.3, 0.4) is 0 Å². The van der Waals surface area contributed by atoms with Gasteiger partial charge in [0.15, 0.2) is 0 Å². The zero-order valence-electron chi connectivity index (χ0n) is 8.37. The van der Waals surface area contributed by atoms with E-state index in [4.69, 9.17) is 4.74 Å². The summed E-state index contributed by atoms with van der Waals surface area (Å²) in [5, 5.41) is 3.20. The largest absolute Gasteiger partial charge is 0.468 e. The lowest BCUT2D eigenvalue weighted by molar-refractivity contribution is -0.147. The van der Waals surface area contributed by atoms with Crippen LogP contribution >= 0.6 is 0 Å². The summed E-state index contributed by atoms with van der Waals surface area (Å²) in [6.07, 6.45) is 0. The molecule has 1 heterocycles. The number of ether oxygens (including phenoxy) is 2. The summed E-state index contributed by atoms with van der Waals surface area (Å²) in [6, 6.07) is -0.0519. The van der Waals surface area contributed by atoms with Crippen molar-refractivity contribution >= 4 is 5.97 Å². The molecule has 2 unspecified atom stereocenters. The number of esters is 1. The van der Waals surface area contributed by atoms with Gasteiger partial charge < -0.3 is 9.47 Å². The smallest absolute Gasteiger partial charge is 0.325 e. The molecule has 0 amide bonds. The van der Waals surface area contributed by atoms with Gasteiger partial charge in [0.2, 0.25) is 0 Å². The average molecular weight is 187 g/mol. The van der Waals surface area contributed by atoms with E-state index >= 15 is 0 Å². The quantitative estimate of drug-likeness (QED) is 0.626. The van der Waals surface area contributed by atoms with Crippen molar-refractivity contribution in [3.05, 3.63) is 0 Å². The number of hydrogen-bond donors (Lipinski definition) is 1. The van der Waals surface area contributed by atoms with Crippen LogP contribution in [0, 0.1) is 5.92 Å². The van der Waals surface area contributed by atoms with Crippen LogP contribution in [0.4, 0.5) is 0 Å². The summed E-state index contributed by atoms with van der Waals surface area (Å²) in [7, 11) is 1.39. The minimum absolute atomic E-state index is 0.245. The highest BCUT2D eigenvalue weighted by atomic mass is 16.5. The second-order valence-corrected chi connectivity index (χ2v) is 3.63. The number of rotatable bonds is 2. The maximum atomic E-state index is 11.2. The summed E-state index contributed by atoms with van der Waals surface area (Å²) in [6.45, 7) is 5.28. The van der Waals surface area contributed by atoms with Crippen molar-refractivity contribution in [2.75, 3.05) is 20.3 Å². The minimum atomic E-state index is -0.300. The van der Waals surface area contributed by atoms with E-state index < -0.39 is 0 Å². The van der Waals surface area contributed by atoms with Gasteiger partial charge in [-0.15, -0.1) is 0 Å². The third kappa shape index (κ3) is 2.67. The Morgan fingerprint density at radius 2 is 2.23 bits per heavy atom. The van der Waals surface area contributed by atoms with Gasteiger partial charge in [-0.1, -0.05) is 13.8 Å². The van der Waals surface area contributed by atoms with E-state index in [0.29, 0.717) is 19.1 Å². The fourth-order valence-corrected chi connectivity index (χ4v) is 1.33. The summed E-state index contributed by atoms with van der Waals surface area (Å²) in [5.74, 6) is 0.220. The lowest BCUT2D eigenvalue weighted by atomic mass is 10.0. The number of methoxy groups -OCH3 is 1. The van der Waals surface area contributed by atoms with E-state index in [-0.39, 0.29) is 18.1 Å². The SMILES string of the molecule is COC(=O)C1COCC(C(C)C)N1. The number of carbonyl (C=O) groups is 1. The number of nitrogens with one attached hydrogen (secondary N) is 1. The van der Waals surface area contributed by atoms with Gasteiger partial charge in [0.25, 0.3) is 0 Å². The highest BCUT2D eigenvalue weighted by Gasteiger charge is 2.28. The number of carbonyl (C=O) groups excluding carboxylic acids is 1. The molecule has 0 radical (unpaired) electrons. The standard InChI is InChI=1S/C9H17NO3/c1-6(2)7-4-13-5-8(10-7)9(11)12-3/h6-8,10H,4-5H2,1-3H3. The van der Waals surface area contributed by atoms with Crippen LogP contribution in [-0.2, 0) is 14.3 Å². The molecule has 0 aromatic carbocycles. The summed E-state index contributed by atoms with van der Waals surface area (Å²) < 4.78 is 9.95. The van der Waals surface area contributed by atoms with Gasteiger partial charge in [0.05, 0.1) is 20.3 Å². The zero-order valence-corrected chi connectivity index (χ0v) is 8.37. The molecular formula is C9H17NO3. The van der Waals surface area contributed by atoms with Gasteiger partial charge >= 0.3 is 5.97 Å². The summed E-state index contributed by atoms with van der Waals surface area (Å²) >= 11 is 0. The van der Waals surface area contributed by atoms with Crippen molar-refractivity contribution in [3.8, 4) is 0 Å². The highest BCUT2D eigenvalue weighted by molar-refractivity contribution is 5.75. The van der Waals surface area contributed by atoms with Gasteiger partial charge in [-0.05, 0) is 5.92 Å². The van der Waals surface area contributed by atoms with Crippen LogP contribution in [0.1, 0.15) is 13.8 Å². The Kier molecular flexibility index (Phi) is 3.69. The predicted octanol–water partition coefficient (Wildman–Crippen LogP) is 0.172. The average Bonchev–Trinajstić information content (AvgIpc) is 2.17. The Balaban J connectivity index is 2.46. The van der Waals surface area contributed by atoms with Gasteiger partial charge in [0.1, 0.15) is 6.04 Å². The molecule has 13 heavy (non-hydrogen) atoms. The molecule has 0 aromatic heterocycles. The van der Waals surface area contributed by atoms with Crippen molar-refractivity contribution in [2.24, 2.45) is 5.92 Å². The monoisotopic (exact) mass is 187 g/mol. The normalized spacial score (nSPS) is 28.9. The Labute approximate surface area is 78.6 Å². The minimum Gasteiger partial charge on any atom is -0.468 e. The molecule has 0 spiro atoms.